The number of piperidine rings is 1. The summed E-state index contributed by atoms with van der Waals surface area (Å²) in [6.45, 7) is 7.55. The summed E-state index contributed by atoms with van der Waals surface area (Å²) in [5, 5.41) is 0. The van der Waals surface area contributed by atoms with Gasteiger partial charge in [0.15, 0.2) is 5.78 Å². The van der Waals surface area contributed by atoms with Crippen LogP contribution in [0.25, 0.3) is 0 Å². The van der Waals surface area contributed by atoms with Crippen molar-refractivity contribution in [2.24, 2.45) is 11.7 Å². The summed E-state index contributed by atoms with van der Waals surface area (Å²) < 4.78 is 0. The molecule has 22 heavy (non-hydrogen) atoms. The van der Waals surface area contributed by atoms with Gasteiger partial charge in [-0.2, -0.15) is 0 Å². The molecule has 1 aromatic heterocycles. The van der Waals surface area contributed by atoms with Crippen LogP contribution in [-0.2, 0) is 4.79 Å². The van der Waals surface area contributed by atoms with Gasteiger partial charge in [-0.3, -0.25) is 14.4 Å². The predicted octanol–water partition coefficient (Wildman–Crippen LogP) is 1.56. The molecule has 120 valence electrons. The molecule has 6 heteroatoms. The smallest absolute Gasteiger partial charge is 0.271 e. The van der Waals surface area contributed by atoms with E-state index in [2.05, 4.69) is 11.9 Å². The summed E-state index contributed by atoms with van der Waals surface area (Å²) in [4.78, 5) is 40.7. The lowest BCUT2D eigenvalue weighted by Gasteiger charge is -2.36. The minimum absolute atomic E-state index is 0.0796. The number of carbonyl (C=O) groups is 3. The molecule has 3 N–H and O–H groups in total. The van der Waals surface area contributed by atoms with Crippen LogP contribution in [0.1, 0.15) is 58.8 Å². The molecule has 2 amide bonds. The van der Waals surface area contributed by atoms with Crippen molar-refractivity contribution in [3.8, 4) is 0 Å². The van der Waals surface area contributed by atoms with Crippen molar-refractivity contribution in [3.63, 3.8) is 0 Å². The van der Waals surface area contributed by atoms with Crippen molar-refractivity contribution in [2.45, 2.75) is 46.6 Å². The molecule has 0 saturated carbocycles. The van der Waals surface area contributed by atoms with Gasteiger partial charge in [0, 0.05) is 17.8 Å². The van der Waals surface area contributed by atoms with E-state index in [0.717, 1.165) is 6.42 Å². The number of carbonyl (C=O) groups excluding carboxylic acids is 3. The average Bonchev–Trinajstić information content (AvgIpc) is 2.73. The van der Waals surface area contributed by atoms with Gasteiger partial charge in [-0.25, -0.2) is 0 Å². The topological polar surface area (TPSA) is 96.3 Å². The molecule has 1 saturated heterocycles. The van der Waals surface area contributed by atoms with Crippen molar-refractivity contribution >= 4 is 17.6 Å². The van der Waals surface area contributed by atoms with Crippen molar-refractivity contribution < 1.29 is 14.4 Å². The molecule has 1 aliphatic heterocycles. The van der Waals surface area contributed by atoms with Crippen LogP contribution in [0.5, 0.6) is 0 Å². The molecule has 2 rings (SSSR count). The van der Waals surface area contributed by atoms with E-state index in [1.807, 2.05) is 0 Å². The molecule has 0 bridgehead atoms. The molecule has 0 aliphatic carbocycles. The number of nitrogens with two attached hydrogens (primary N) is 1. The van der Waals surface area contributed by atoms with Crippen LogP contribution in [0, 0.1) is 19.8 Å². The fraction of sp³-hybridized carbons (Fsp3) is 0.562. The fourth-order valence-corrected chi connectivity index (χ4v) is 3.29. The number of nitrogens with zero attached hydrogens (tertiary/aromatic N) is 1. The largest absolute Gasteiger partial charge is 0.368 e. The summed E-state index contributed by atoms with van der Waals surface area (Å²) in [6.07, 6.45) is 1.42. The van der Waals surface area contributed by atoms with Gasteiger partial charge in [0.05, 0.1) is 0 Å². The van der Waals surface area contributed by atoms with E-state index in [-0.39, 0.29) is 11.7 Å². The van der Waals surface area contributed by atoms with Crippen molar-refractivity contribution in [1.82, 2.24) is 9.88 Å². The minimum atomic E-state index is -0.583. The maximum Gasteiger partial charge on any atom is 0.271 e. The first kappa shape index (κ1) is 16.3. The lowest BCUT2D eigenvalue weighted by molar-refractivity contribution is -0.124. The first-order chi connectivity index (χ1) is 10.2. The highest BCUT2D eigenvalue weighted by molar-refractivity contribution is 6.03. The van der Waals surface area contributed by atoms with E-state index in [0.29, 0.717) is 41.4 Å². The van der Waals surface area contributed by atoms with Crippen LogP contribution in [0.4, 0.5) is 0 Å². The highest BCUT2D eigenvalue weighted by Crippen LogP contribution is 2.26. The van der Waals surface area contributed by atoms with Gasteiger partial charge in [0.2, 0.25) is 5.91 Å². The quantitative estimate of drug-likeness (QED) is 0.829. The molecule has 2 heterocycles. The Labute approximate surface area is 130 Å². The number of primary amides is 1. The molecule has 0 radical (unpaired) electrons. The van der Waals surface area contributed by atoms with Gasteiger partial charge in [0.25, 0.3) is 5.91 Å². The number of ketones is 1. The van der Waals surface area contributed by atoms with Crippen molar-refractivity contribution in [2.75, 3.05) is 6.54 Å². The van der Waals surface area contributed by atoms with E-state index in [1.54, 1.807) is 13.8 Å². The molecular weight excluding hydrogens is 282 g/mol. The second-order valence-electron chi connectivity index (χ2n) is 6.23. The molecule has 0 aromatic carbocycles. The number of Topliss-reactive ketones (excluding diaryl/α,β-unsaturated/α-hetero) is 1. The number of rotatable bonds is 3. The van der Waals surface area contributed by atoms with E-state index in [9.17, 15) is 14.4 Å². The van der Waals surface area contributed by atoms with Crippen LogP contribution in [0.2, 0.25) is 0 Å². The number of aromatic nitrogens is 1. The Morgan fingerprint density at radius 1 is 1.27 bits per heavy atom. The Balaban J connectivity index is 2.37. The third-order valence-electron chi connectivity index (χ3n) is 4.46. The molecule has 6 nitrogen and oxygen atoms in total. The number of aryl methyl sites for hydroxylation is 1. The van der Waals surface area contributed by atoms with Crippen LogP contribution >= 0.6 is 0 Å². The van der Waals surface area contributed by atoms with Crippen LogP contribution in [-0.4, -0.2) is 40.1 Å². The number of hydrogen-bond acceptors (Lipinski definition) is 3. The monoisotopic (exact) mass is 305 g/mol. The molecule has 1 fully saturated rings. The third kappa shape index (κ3) is 2.77. The molecule has 1 aliphatic rings. The number of nitrogens with one attached hydrogen (secondary N) is 1. The normalized spacial score (nSPS) is 21.7. The van der Waals surface area contributed by atoms with Crippen LogP contribution in [0.15, 0.2) is 0 Å². The zero-order valence-corrected chi connectivity index (χ0v) is 13.5. The first-order valence-corrected chi connectivity index (χ1v) is 7.54. The van der Waals surface area contributed by atoms with E-state index < -0.39 is 11.9 Å². The summed E-state index contributed by atoms with van der Waals surface area (Å²) in [7, 11) is 0. The number of H-pyrrole nitrogens is 1. The molecule has 2 unspecified atom stereocenters. The van der Waals surface area contributed by atoms with E-state index >= 15 is 0 Å². The standard InChI is InChI=1S/C16H23N3O3/c1-8-5-6-19(12(7-8)15(17)21)16(22)14-9(2)13(11(4)20)10(3)18-14/h8,12,18H,5-7H2,1-4H3,(H2,17,21). The van der Waals surface area contributed by atoms with Gasteiger partial charge in [-0.15, -0.1) is 0 Å². The van der Waals surface area contributed by atoms with Crippen LogP contribution < -0.4 is 5.73 Å². The Morgan fingerprint density at radius 3 is 2.41 bits per heavy atom. The van der Waals surface area contributed by atoms with E-state index in [1.165, 1.54) is 11.8 Å². The van der Waals surface area contributed by atoms with Gasteiger partial charge < -0.3 is 15.6 Å². The molecular formula is C16H23N3O3. The zero-order valence-electron chi connectivity index (χ0n) is 13.5. The van der Waals surface area contributed by atoms with Crippen LogP contribution in [0.3, 0.4) is 0 Å². The third-order valence-corrected chi connectivity index (χ3v) is 4.46. The van der Waals surface area contributed by atoms with Gasteiger partial charge in [-0.05, 0) is 45.1 Å². The van der Waals surface area contributed by atoms with Gasteiger partial charge in [-0.1, -0.05) is 6.92 Å². The number of likely N-dealkylation sites (tertiary alicyclic amines) is 1. The highest BCUT2D eigenvalue weighted by atomic mass is 16.2. The molecule has 2 atom stereocenters. The number of amides is 2. The lowest BCUT2D eigenvalue weighted by Crippen LogP contribution is -2.52. The second-order valence-corrected chi connectivity index (χ2v) is 6.23. The van der Waals surface area contributed by atoms with Crippen molar-refractivity contribution in [3.05, 3.63) is 22.5 Å². The maximum absolute atomic E-state index is 12.8. The Morgan fingerprint density at radius 2 is 1.91 bits per heavy atom. The van der Waals surface area contributed by atoms with Gasteiger partial charge in [0.1, 0.15) is 11.7 Å². The second kappa shape index (κ2) is 5.94. The predicted molar refractivity (Wildman–Crippen MR) is 82.7 cm³/mol. The van der Waals surface area contributed by atoms with Crippen molar-refractivity contribution in [1.29, 1.82) is 0 Å². The summed E-state index contributed by atoms with van der Waals surface area (Å²) in [5.74, 6) is -0.457. The highest BCUT2D eigenvalue weighted by Gasteiger charge is 2.35. The summed E-state index contributed by atoms with van der Waals surface area (Å²) in [6, 6.07) is -0.583. The summed E-state index contributed by atoms with van der Waals surface area (Å²) in [5.41, 5.74) is 7.70. The molecule has 1 aromatic rings. The van der Waals surface area contributed by atoms with E-state index in [4.69, 9.17) is 5.73 Å². The minimum Gasteiger partial charge on any atom is -0.368 e. The Hall–Kier alpha value is -2.11. The number of aromatic amines is 1. The molecule has 0 spiro atoms. The lowest BCUT2D eigenvalue weighted by atomic mass is 9.91. The summed E-state index contributed by atoms with van der Waals surface area (Å²) >= 11 is 0. The average molecular weight is 305 g/mol. The Bertz CT molecular complexity index is 633. The number of hydrogen-bond donors (Lipinski definition) is 2. The zero-order chi connectivity index (χ0) is 16.6. The van der Waals surface area contributed by atoms with Gasteiger partial charge >= 0.3 is 0 Å². The Kier molecular flexibility index (Phi) is 4.39. The maximum atomic E-state index is 12.8. The first-order valence-electron chi connectivity index (χ1n) is 7.54. The SMILES string of the molecule is CC(=O)c1c(C)[nH]c(C(=O)N2CCC(C)CC2C(N)=O)c1C. The fourth-order valence-electron chi connectivity index (χ4n) is 3.29.